The van der Waals surface area contributed by atoms with Gasteiger partial charge in [-0.3, -0.25) is 14.8 Å². The topological polar surface area (TPSA) is 98.7 Å². The van der Waals surface area contributed by atoms with Crippen LogP contribution in [-0.4, -0.2) is 34.3 Å². The summed E-state index contributed by atoms with van der Waals surface area (Å²) in [7, 11) is 0. The SMILES string of the molecule is CCCc1c(F)ccc(C(=O)NC(C(=O)NO)C(C)O)c1CC. The van der Waals surface area contributed by atoms with Gasteiger partial charge in [-0.15, -0.1) is 0 Å². The molecule has 1 aromatic carbocycles. The van der Waals surface area contributed by atoms with E-state index in [2.05, 4.69) is 5.32 Å². The lowest BCUT2D eigenvalue weighted by molar-refractivity contribution is -0.133. The van der Waals surface area contributed by atoms with Gasteiger partial charge in [0.1, 0.15) is 11.9 Å². The van der Waals surface area contributed by atoms with Crippen LogP contribution in [0, 0.1) is 5.82 Å². The number of nitrogens with one attached hydrogen (secondary N) is 2. The zero-order valence-corrected chi connectivity index (χ0v) is 13.5. The van der Waals surface area contributed by atoms with E-state index in [-0.39, 0.29) is 11.4 Å². The Kier molecular flexibility index (Phi) is 7.12. The third-order valence-corrected chi connectivity index (χ3v) is 3.63. The van der Waals surface area contributed by atoms with Crippen LogP contribution in [0.3, 0.4) is 0 Å². The van der Waals surface area contributed by atoms with E-state index in [0.717, 1.165) is 6.42 Å². The summed E-state index contributed by atoms with van der Waals surface area (Å²) in [6, 6.07) is 1.28. The van der Waals surface area contributed by atoms with Crippen LogP contribution in [0.4, 0.5) is 4.39 Å². The molecule has 0 spiro atoms. The summed E-state index contributed by atoms with van der Waals surface area (Å²) in [5.74, 6) is -1.89. The summed E-state index contributed by atoms with van der Waals surface area (Å²) in [6.07, 6.45) is 0.499. The molecule has 0 aromatic heterocycles. The van der Waals surface area contributed by atoms with Gasteiger partial charge in [-0.1, -0.05) is 20.3 Å². The molecule has 1 rings (SSSR count). The molecule has 128 valence electrons. The molecule has 0 fully saturated rings. The molecule has 0 radical (unpaired) electrons. The van der Waals surface area contributed by atoms with Crippen molar-refractivity contribution < 1.29 is 24.3 Å². The molecule has 0 saturated carbocycles. The lowest BCUT2D eigenvalue weighted by atomic mass is 9.94. The van der Waals surface area contributed by atoms with E-state index in [0.29, 0.717) is 24.0 Å². The quantitative estimate of drug-likeness (QED) is 0.449. The van der Waals surface area contributed by atoms with Gasteiger partial charge in [-0.25, -0.2) is 9.87 Å². The second-order valence-electron chi connectivity index (χ2n) is 5.32. The lowest BCUT2D eigenvalue weighted by Crippen LogP contribution is -2.51. The molecule has 0 saturated heterocycles. The number of hydrogen-bond donors (Lipinski definition) is 4. The Balaban J connectivity index is 3.17. The first-order valence-electron chi connectivity index (χ1n) is 7.60. The molecule has 6 nitrogen and oxygen atoms in total. The van der Waals surface area contributed by atoms with Crippen molar-refractivity contribution in [2.24, 2.45) is 0 Å². The van der Waals surface area contributed by atoms with Crippen LogP contribution in [0.5, 0.6) is 0 Å². The average Bonchev–Trinajstić information content (AvgIpc) is 2.53. The summed E-state index contributed by atoms with van der Waals surface area (Å²) in [5, 5.41) is 20.6. The van der Waals surface area contributed by atoms with Crippen molar-refractivity contribution in [3.05, 3.63) is 34.6 Å². The first-order valence-corrected chi connectivity index (χ1v) is 7.60. The largest absolute Gasteiger partial charge is 0.391 e. The van der Waals surface area contributed by atoms with Crippen molar-refractivity contribution in [2.45, 2.75) is 52.2 Å². The van der Waals surface area contributed by atoms with Crippen LogP contribution < -0.4 is 10.8 Å². The molecule has 2 unspecified atom stereocenters. The maximum absolute atomic E-state index is 14.0. The molecule has 7 heteroatoms. The van der Waals surface area contributed by atoms with Crippen molar-refractivity contribution in [1.29, 1.82) is 0 Å². The highest BCUT2D eigenvalue weighted by Crippen LogP contribution is 2.21. The second-order valence-corrected chi connectivity index (χ2v) is 5.32. The minimum Gasteiger partial charge on any atom is -0.391 e. The zero-order valence-electron chi connectivity index (χ0n) is 13.5. The Morgan fingerprint density at radius 2 is 1.91 bits per heavy atom. The fourth-order valence-corrected chi connectivity index (χ4v) is 2.50. The third-order valence-electron chi connectivity index (χ3n) is 3.63. The Bertz CT molecular complexity index is 575. The Morgan fingerprint density at radius 1 is 1.26 bits per heavy atom. The Morgan fingerprint density at radius 3 is 2.39 bits per heavy atom. The molecule has 0 aliphatic heterocycles. The molecule has 0 aliphatic carbocycles. The summed E-state index contributed by atoms with van der Waals surface area (Å²) >= 11 is 0. The maximum Gasteiger partial charge on any atom is 0.268 e. The number of hydroxylamine groups is 1. The van der Waals surface area contributed by atoms with Crippen molar-refractivity contribution in [3.63, 3.8) is 0 Å². The van der Waals surface area contributed by atoms with Gasteiger partial charge in [0, 0.05) is 5.56 Å². The van der Waals surface area contributed by atoms with Crippen LogP contribution in [0.15, 0.2) is 12.1 Å². The van der Waals surface area contributed by atoms with Gasteiger partial charge in [0.2, 0.25) is 0 Å². The van der Waals surface area contributed by atoms with Crippen molar-refractivity contribution >= 4 is 11.8 Å². The molecular formula is C16H23FN2O4. The second kappa shape index (κ2) is 8.59. The molecule has 0 aliphatic rings. The summed E-state index contributed by atoms with van der Waals surface area (Å²) in [5.41, 5.74) is 2.73. The van der Waals surface area contributed by atoms with Crippen molar-refractivity contribution in [2.75, 3.05) is 0 Å². The van der Waals surface area contributed by atoms with Gasteiger partial charge in [0.05, 0.1) is 6.10 Å². The van der Waals surface area contributed by atoms with E-state index in [4.69, 9.17) is 5.21 Å². The number of carbonyl (C=O) groups is 2. The van der Waals surface area contributed by atoms with Crippen LogP contribution in [0.1, 0.15) is 48.7 Å². The summed E-state index contributed by atoms with van der Waals surface area (Å²) < 4.78 is 14.0. The molecular weight excluding hydrogens is 303 g/mol. The van der Waals surface area contributed by atoms with Gasteiger partial charge < -0.3 is 10.4 Å². The number of hydrogen-bond acceptors (Lipinski definition) is 4. The number of benzene rings is 1. The van der Waals surface area contributed by atoms with E-state index in [1.165, 1.54) is 24.5 Å². The van der Waals surface area contributed by atoms with E-state index >= 15 is 0 Å². The van der Waals surface area contributed by atoms with Crippen LogP contribution in [-0.2, 0) is 17.6 Å². The lowest BCUT2D eigenvalue weighted by Gasteiger charge is -2.21. The number of halogens is 1. The highest BCUT2D eigenvalue weighted by molar-refractivity contribution is 5.99. The molecule has 0 heterocycles. The predicted molar refractivity (Wildman–Crippen MR) is 82.6 cm³/mol. The average molecular weight is 326 g/mol. The molecule has 1 aromatic rings. The number of rotatable bonds is 7. The van der Waals surface area contributed by atoms with Crippen molar-refractivity contribution in [1.82, 2.24) is 10.8 Å². The van der Waals surface area contributed by atoms with Crippen LogP contribution in [0.25, 0.3) is 0 Å². The normalized spacial score (nSPS) is 13.3. The minimum absolute atomic E-state index is 0.258. The third kappa shape index (κ3) is 4.49. The number of aliphatic hydroxyl groups excluding tert-OH is 1. The minimum atomic E-state index is -1.31. The molecule has 2 amide bonds. The van der Waals surface area contributed by atoms with E-state index in [1.807, 2.05) is 13.8 Å². The Hall–Kier alpha value is -1.99. The van der Waals surface area contributed by atoms with Crippen LogP contribution in [0.2, 0.25) is 0 Å². The standard InChI is InChI=1S/C16H23FN2O4/c1-4-6-11-10(5-2)12(7-8-13(11)17)15(21)18-14(9(3)20)16(22)19-23/h7-9,14,20,23H,4-6H2,1-3H3,(H,18,21)(H,19,22). The van der Waals surface area contributed by atoms with Crippen LogP contribution >= 0.6 is 0 Å². The van der Waals surface area contributed by atoms with Gasteiger partial charge in [0.15, 0.2) is 0 Å². The first-order chi connectivity index (χ1) is 10.9. The summed E-state index contributed by atoms with van der Waals surface area (Å²) in [6.45, 7) is 5.05. The maximum atomic E-state index is 14.0. The fourth-order valence-electron chi connectivity index (χ4n) is 2.50. The van der Waals surface area contributed by atoms with Gasteiger partial charge in [0.25, 0.3) is 11.8 Å². The molecule has 4 N–H and O–H groups in total. The predicted octanol–water partition coefficient (Wildman–Crippen LogP) is 1.33. The monoisotopic (exact) mass is 326 g/mol. The van der Waals surface area contributed by atoms with E-state index in [1.54, 1.807) is 0 Å². The van der Waals surface area contributed by atoms with Crippen molar-refractivity contribution in [3.8, 4) is 0 Å². The number of amides is 2. The fraction of sp³-hybridized carbons (Fsp3) is 0.500. The molecule has 2 atom stereocenters. The molecule has 23 heavy (non-hydrogen) atoms. The molecule has 0 bridgehead atoms. The highest BCUT2D eigenvalue weighted by Gasteiger charge is 2.27. The smallest absolute Gasteiger partial charge is 0.268 e. The first kappa shape index (κ1) is 19.1. The van der Waals surface area contributed by atoms with Gasteiger partial charge >= 0.3 is 0 Å². The summed E-state index contributed by atoms with van der Waals surface area (Å²) in [4.78, 5) is 23.9. The Labute approximate surface area is 134 Å². The number of aliphatic hydroxyl groups is 1. The van der Waals surface area contributed by atoms with E-state index in [9.17, 15) is 19.1 Å². The van der Waals surface area contributed by atoms with E-state index < -0.39 is 24.0 Å². The van der Waals surface area contributed by atoms with Gasteiger partial charge in [-0.05, 0) is 43.0 Å². The number of carbonyl (C=O) groups excluding carboxylic acids is 2. The zero-order chi connectivity index (χ0) is 17.6. The highest BCUT2D eigenvalue weighted by atomic mass is 19.1. The van der Waals surface area contributed by atoms with Gasteiger partial charge in [-0.2, -0.15) is 0 Å².